The summed E-state index contributed by atoms with van der Waals surface area (Å²) in [5.41, 5.74) is 4.34. The van der Waals surface area contributed by atoms with Crippen LogP contribution in [-0.2, 0) is 32.6 Å². The van der Waals surface area contributed by atoms with Gasteiger partial charge in [0.2, 0.25) is 21.8 Å². The van der Waals surface area contributed by atoms with Gasteiger partial charge in [0.05, 0.1) is 11.9 Å². The molecule has 0 aromatic heterocycles. The van der Waals surface area contributed by atoms with Crippen LogP contribution < -0.4 is 9.62 Å². The van der Waals surface area contributed by atoms with Crippen LogP contribution in [-0.4, -0.2) is 50.0 Å². The Balaban J connectivity index is 1.71. The Morgan fingerprint density at radius 3 is 2.14 bits per heavy atom. The topological polar surface area (TPSA) is 86.8 Å². The standard InChI is InChI=1S/C34H43N3O4S/c1-25(2)29-17-19-31(20-18-29)37(42(4,40)41)24-33(38)36(23-28-14-10-11-26(3)21-28)32(22-27-12-6-5-7-13-27)34(39)35-30-15-8-9-16-30/h5-7,10-14,17-21,25,30,32H,8-9,15-16,22-24H2,1-4H3,(H,35,39)/t32-/m0/s1. The molecule has 2 amide bonds. The lowest BCUT2D eigenvalue weighted by Crippen LogP contribution is -2.54. The van der Waals surface area contributed by atoms with Gasteiger partial charge in [-0.05, 0) is 54.5 Å². The SMILES string of the molecule is Cc1cccc(CN(C(=O)CN(c2ccc(C(C)C)cc2)S(C)(=O)=O)[C@@H](Cc2ccccc2)C(=O)NC2CCCC2)c1. The summed E-state index contributed by atoms with van der Waals surface area (Å²) in [5, 5.41) is 3.20. The molecule has 0 saturated heterocycles. The van der Waals surface area contributed by atoms with Gasteiger partial charge in [-0.15, -0.1) is 0 Å². The molecule has 1 atom stereocenters. The van der Waals surface area contributed by atoms with E-state index >= 15 is 0 Å². The molecule has 0 heterocycles. The van der Waals surface area contributed by atoms with Gasteiger partial charge in [0.25, 0.3) is 0 Å². The van der Waals surface area contributed by atoms with Crippen molar-refractivity contribution in [1.82, 2.24) is 10.2 Å². The number of nitrogens with one attached hydrogen (secondary N) is 1. The van der Waals surface area contributed by atoms with Gasteiger partial charge < -0.3 is 10.2 Å². The minimum atomic E-state index is -3.80. The van der Waals surface area contributed by atoms with Crippen molar-refractivity contribution < 1.29 is 18.0 Å². The molecular weight excluding hydrogens is 546 g/mol. The third-order valence-corrected chi connectivity index (χ3v) is 9.08. The van der Waals surface area contributed by atoms with Crippen LogP contribution in [0.4, 0.5) is 5.69 Å². The molecule has 8 heteroatoms. The van der Waals surface area contributed by atoms with Crippen LogP contribution in [0.1, 0.15) is 67.7 Å². The van der Waals surface area contributed by atoms with E-state index in [1.54, 1.807) is 17.0 Å². The van der Waals surface area contributed by atoms with Crippen LogP contribution in [0.5, 0.6) is 0 Å². The highest BCUT2D eigenvalue weighted by Crippen LogP contribution is 2.24. The maximum Gasteiger partial charge on any atom is 0.244 e. The lowest BCUT2D eigenvalue weighted by Gasteiger charge is -2.34. The first-order chi connectivity index (χ1) is 20.0. The zero-order chi connectivity index (χ0) is 30.3. The van der Waals surface area contributed by atoms with E-state index in [-0.39, 0.29) is 24.4 Å². The smallest absolute Gasteiger partial charge is 0.244 e. The van der Waals surface area contributed by atoms with Crippen molar-refractivity contribution in [2.24, 2.45) is 0 Å². The molecule has 42 heavy (non-hydrogen) atoms. The fraction of sp³-hybridized carbons (Fsp3) is 0.412. The van der Waals surface area contributed by atoms with Crippen molar-refractivity contribution in [3.8, 4) is 0 Å². The third kappa shape index (κ3) is 8.44. The van der Waals surface area contributed by atoms with Gasteiger partial charge in [-0.3, -0.25) is 13.9 Å². The molecule has 0 aliphatic heterocycles. The second kappa shape index (κ2) is 14.0. The molecule has 1 saturated carbocycles. The van der Waals surface area contributed by atoms with Crippen molar-refractivity contribution in [1.29, 1.82) is 0 Å². The maximum absolute atomic E-state index is 14.3. The van der Waals surface area contributed by atoms with Gasteiger partial charge in [-0.2, -0.15) is 0 Å². The Labute approximate surface area is 251 Å². The molecule has 0 spiro atoms. The highest BCUT2D eigenvalue weighted by molar-refractivity contribution is 7.92. The highest BCUT2D eigenvalue weighted by Gasteiger charge is 2.34. The molecule has 1 aliphatic carbocycles. The summed E-state index contributed by atoms with van der Waals surface area (Å²) in [5.74, 6) is -0.356. The molecule has 4 rings (SSSR count). The summed E-state index contributed by atoms with van der Waals surface area (Å²) >= 11 is 0. The van der Waals surface area contributed by atoms with Gasteiger partial charge in [-0.1, -0.05) is 99.0 Å². The van der Waals surface area contributed by atoms with E-state index in [1.165, 1.54) is 0 Å². The number of anilines is 1. The van der Waals surface area contributed by atoms with Gasteiger partial charge in [0.15, 0.2) is 0 Å². The van der Waals surface area contributed by atoms with Gasteiger partial charge in [-0.25, -0.2) is 8.42 Å². The Bertz CT molecular complexity index is 1450. The van der Waals surface area contributed by atoms with Gasteiger partial charge in [0, 0.05) is 19.0 Å². The number of benzene rings is 3. The Morgan fingerprint density at radius 2 is 1.55 bits per heavy atom. The Kier molecular flexibility index (Phi) is 10.4. The molecule has 0 bridgehead atoms. The summed E-state index contributed by atoms with van der Waals surface area (Å²) in [6.07, 6.45) is 5.40. The lowest BCUT2D eigenvalue weighted by molar-refractivity contribution is -0.140. The number of amides is 2. The zero-order valence-corrected chi connectivity index (χ0v) is 25.9. The van der Waals surface area contributed by atoms with Crippen molar-refractivity contribution in [2.75, 3.05) is 17.1 Å². The number of sulfonamides is 1. The van der Waals surface area contributed by atoms with Crippen LogP contribution in [0.2, 0.25) is 0 Å². The number of carbonyl (C=O) groups is 2. The fourth-order valence-electron chi connectivity index (χ4n) is 5.57. The second-order valence-corrected chi connectivity index (χ2v) is 13.6. The average Bonchev–Trinajstić information content (AvgIpc) is 3.46. The molecule has 1 N–H and O–H groups in total. The third-order valence-electron chi connectivity index (χ3n) is 7.93. The summed E-state index contributed by atoms with van der Waals surface area (Å²) in [6, 6.07) is 24.0. The number of aryl methyl sites for hydroxylation is 1. The number of hydrogen-bond donors (Lipinski definition) is 1. The molecule has 3 aromatic rings. The minimum absolute atomic E-state index is 0.0821. The van der Waals surface area contributed by atoms with Crippen LogP contribution >= 0.6 is 0 Å². The zero-order valence-electron chi connectivity index (χ0n) is 25.1. The first-order valence-electron chi connectivity index (χ1n) is 14.8. The molecule has 0 unspecified atom stereocenters. The predicted octanol–water partition coefficient (Wildman–Crippen LogP) is 5.58. The maximum atomic E-state index is 14.3. The summed E-state index contributed by atoms with van der Waals surface area (Å²) < 4.78 is 27.2. The van der Waals surface area contributed by atoms with Crippen LogP contribution in [0.15, 0.2) is 78.9 Å². The largest absolute Gasteiger partial charge is 0.352 e. The van der Waals surface area contributed by atoms with Crippen molar-refractivity contribution in [2.45, 2.75) is 77.4 Å². The van der Waals surface area contributed by atoms with Crippen LogP contribution in [0.25, 0.3) is 0 Å². The lowest BCUT2D eigenvalue weighted by atomic mass is 10.0. The fourth-order valence-corrected chi connectivity index (χ4v) is 6.42. The van der Waals surface area contributed by atoms with Crippen molar-refractivity contribution in [3.63, 3.8) is 0 Å². The highest BCUT2D eigenvalue weighted by atomic mass is 32.2. The summed E-state index contributed by atoms with van der Waals surface area (Å²) in [6.45, 7) is 5.89. The van der Waals surface area contributed by atoms with E-state index < -0.39 is 28.5 Å². The van der Waals surface area contributed by atoms with E-state index in [0.717, 1.165) is 58.5 Å². The number of rotatable bonds is 12. The van der Waals surface area contributed by atoms with E-state index in [2.05, 4.69) is 19.2 Å². The molecule has 1 aliphatic rings. The second-order valence-electron chi connectivity index (χ2n) is 11.7. The van der Waals surface area contributed by atoms with E-state index in [9.17, 15) is 18.0 Å². The Hall–Kier alpha value is -3.65. The monoisotopic (exact) mass is 589 g/mol. The molecule has 224 valence electrons. The van der Waals surface area contributed by atoms with E-state index in [1.807, 2.05) is 73.7 Å². The molecule has 7 nitrogen and oxygen atoms in total. The Morgan fingerprint density at radius 1 is 0.905 bits per heavy atom. The predicted molar refractivity (Wildman–Crippen MR) is 169 cm³/mol. The van der Waals surface area contributed by atoms with Gasteiger partial charge in [0.1, 0.15) is 12.6 Å². The molecule has 3 aromatic carbocycles. The molecular formula is C34H43N3O4S. The first kappa shape index (κ1) is 31.3. The molecule has 0 radical (unpaired) electrons. The van der Waals surface area contributed by atoms with Crippen molar-refractivity contribution >= 4 is 27.5 Å². The van der Waals surface area contributed by atoms with Crippen LogP contribution in [0.3, 0.4) is 0 Å². The number of carbonyl (C=O) groups excluding carboxylic acids is 2. The van der Waals surface area contributed by atoms with E-state index in [4.69, 9.17) is 0 Å². The normalized spacial score (nSPS) is 14.5. The minimum Gasteiger partial charge on any atom is -0.352 e. The van der Waals surface area contributed by atoms with Gasteiger partial charge >= 0.3 is 0 Å². The average molecular weight is 590 g/mol. The number of nitrogens with zero attached hydrogens (tertiary/aromatic N) is 2. The summed E-state index contributed by atoms with van der Waals surface area (Å²) in [7, 11) is -3.80. The quantitative estimate of drug-likeness (QED) is 0.299. The molecule has 1 fully saturated rings. The first-order valence-corrected chi connectivity index (χ1v) is 16.6. The van der Waals surface area contributed by atoms with Crippen LogP contribution in [0, 0.1) is 6.92 Å². The van der Waals surface area contributed by atoms with Crippen molar-refractivity contribution in [3.05, 3.63) is 101 Å². The summed E-state index contributed by atoms with van der Waals surface area (Å²) in [4.78, 5) is 29.7. The van der Waals surface area contributed by atoms with E-state index in [0.29, 0.717) is 12.1 Å². The number of hydrogen-bond acceptors (Lipinski definition) is 4.